The standard InChI is InChI=1S/C8H15/c1-4-7-8(5-2)6-3/h4,7-8H,2,5-6H2,1,3H3/b7-4+. The van der Waals surface area contributed by atoms with Gasteiger partial charge in [0.05, 0.1) is 0 Å². The van der Waals surface area contributed by atoms with Gasteiger partial charge in [-0.05, 0) is 25.7 Å². The third-order valence-corrected chi connectivity index (χ3v) is 1.36. The Morgan fingerprint density at radius 3 is 2.38 bits per heavy atom. The van der Waals surface area contributed by atoms with Crippen molar-refractivity contribution in [3.05, 3.63) is 19.1 Å². The van der Waals surface area contributed by atoms with Crippen LogP contribution in [0, 0.1) is 12.8 Å². The first-order valence-electron chi connectivity index (χ1n) is 3.27. The molecular formula is C8H15. The molecule has 47 valence electrons. The molecule has 0 heterocycles. The Morgan fingerprint density at radius 1 is 1.62 bits per heavy atom. The van der Waals surface area contributed by atoms with Crippen LogP contribution in [-0.2, 0) is 0 Å². The highest BCUT2D eigenvalue weighted by Crippen LogP contribution is 2.07. The summed E-state index contributed by atoms with van der Waals surface area (Å²) in [6.45, 7) is 8.07. The molecule has 0 aromatic rings. The summed E-state index contributed by atoms with van der Waals surface area (Å²) in [6.07, 6.45) is 6.56. The van der Waals surface area contributed by atoms with Gasteiger partial charge in [-0.15, -0.1) is 0 Å². The Hall–Kier alpha value is -0.260. The third kappa shape index (κ3) is 2.84. The smallest absolute Gasteiger partial charge is 0.0236 e. The van der Waals surface area contributed by atoms with E-state index in [4.69, 9.17) is 0 Å². The highest BCUT2D eigenvalue weighted by atomic mass is 14.0. The highest BCUT2D eigenvalue weighted by Gasteiger charge is 1.93. The van der Waals surface area contributed by atoms with Crippen LogP contribution in [-0.4, -0.2) is 0 Å². The van der Waals surface area contributed by atoms with E-state index in [1.54, 1.807) is 0 Å². The summed E-state index contributed by atoms with van der Waals surface area (Å²) in [6, 6.07) is 0. The zero-order valence-corrected chi connectivity index (χ0v) is 5.85. The van der Waals surface area contributed by atoms with Crippen molar-refractivity contribution in [1.29, 1.82) is 0 Å². The van der Waals surface area contributed by atoms with Crippen LogP contribution in [0.25, 0.3) is 0 Å². The second kappa shape index (κ2) is 4.89. The Labute approximate surface area is 52.6 Å². The minimum Gasteiger partial charge on any atom is -0.0914 e. The minimum absolute atomic E-state index is 0.708. The van der Waals surface area contributed by atoms with Crippen LogP contribution in [0.2, 0.25) is 0 Å². The molecule has 0 nitrogen and oxygen atoms in total. The molecule has 0 rings (SSSR count). The Kier molecular flexibility index (Phi) is 4.73. The van der Waals surface area contributed by atoms with Crippen molar-refractivity contribution in [1.82, 2.24) is 0 Å². The summed E-state index contributed by atoms with van der Waals surface area (Å²) >= 11 is 0. The summed E-state index contributed by atoms with van der Waals surface area (Å²) in [5.41, 5.74) is 0. The van der Waals surface area contributed by atoms with E-state index in [9.17, 15) is 0 Å². The lowest BCUT2D eigenvalue weighted by Gasteiger charge is -2.02. The van der Waals surface area contributed by atoms with Gasteiger partial charge in [0.2, 0.25) is 0 Å². The molecule has 0 fully saturated rings. The molecular weight excluding hydrogens is 96.1 g/mol. The monoisotopic (exact) mass is 111 g/mol. The number of hydrogen-bond donors (Lipinski definition) is 0. The van der Waals surface area contributed by atoms with Gasteiger partial charge in [0.15, 0.2) is 0 Å². The van der Waals surface area contributed by atoms with Gasteiger partial charge in [0.1, 0.15) is 0 Å². The predicted octanol–water partition coefficient (Wildman–Crippen LogP) is 2.81. The van der Waals surface area contributed by atoms with Crippen molar-refractivity contribution >= 4 is 0 Å². The van der Waals surface area contributed by atoms with E-state index in [0.717, 1.165) is 6.42 Å². The maximum absolute atomic E-state index is 3.82. The lowest BCUT2D eigenvalue weighted by Crippen LogP contribution is -1.89. The third-order valence-electron chi connectivity index (χ3n) is 1.36. The average Bonchev–Trinajstić information content (AvgIpc) is 1.83. The van der Waals surface area contributed by atoms with Gasteiger partial charge in [0.25, 0.3) is 0 Å². The summed E-state index contributed by atoms with van der Waals surface area (Å²) in [4.78, 5) is 0. The van der Waals surface area contributed by atoms with E-state index < -0.39 is 0 Å². The number of allylic oxidation sites excluding steroid dienone is 2. The van der Waals surface area contributed by atoms with E-state index in [0.29, 0.717) is 5.92 Å². The first kappa shape index (κ1) is 7.74. The van der Waals surface area contributed by atoms with Crippen LogP contribution >= 0.6 is 0 Å². The topological polar surface area (TPSA) is 0 Å². The van der Waals surface area contributed by atoms with Crippen molar-refractivity contribution in [3.63, 3.8) is 0 Å². The van der Waals surface area contributed by atoms with Crippen LogP contribution in [0.4, 0.5) is 0 Å². The van der Waals surface area contributed by atoms with Gasteiger partial charge < -0.3 is 0 Å². The lowest BCUT2D eigenvalue weighted by atomic mass is 10.0. The fraction of sp³-hybridized carbons (Fsp3) is 0.625. The molecule has 0 spiro atoms. The van der Waals surface area contributed by atoms with Crippen molar-refractivity contribution in [2.75, 3.05) is 0 Å². The molecule has 0 aliphatic heterocycles. The maximum atomic E-state index is 3.82. The van der Waals surface area contributed by atoms with E-state index >= 15 is 0 Å². The highest BCUT2D eigenvalue weighted by molar-refractivity contribution is 4.84. The fourth-order valence-electron chi connectivity index (χ4n) is 0.709. The van der Waals surface area contributed by atoms with Gasteiger partial charge in [0, 0.05) is 0 Å². The summed E-state index contributed by atoms with van der Waals surface area (Å²) in [5.74, 6) is 0.708. The second-order valence-electron chi connectivity index (χ2n) is 1.98. The summed E-state index contributed by atoms with van der Waals surface area (Å²) < 4.78 is 0. The summed E-state index contributed by atoms with van der Waals surface area (Å²) in [7, 11) is 0. The van der Waals surface area contributed by atoms with Crippen LogP contribution in [0.1, 0.15) is 26.7 Å². The average molecular weight is 111 g/mol. The number of rotatable bonds is 3. The fourth-order valence-corrected chi connectivity index (χ4v) is 0.709. The molecule has 0 saturated heterocycles. The zero-order valence-electron chi connectivity index (χ0n) is 5.85. The molecule has 0 aliphatic rings. The predicted molar refractivity (Wildman–Crippen MR) is 38.6 cm³/mol. The van der Waals surface area contributed by atoms with Gasteiger partial charge in [-0.25, -0.2) is 0 Å². The first-order chi connectivity index (χ1) is 3.85. The largest absolute Gasteiger partial charge is 0.0914 e. The van der Waals surface area contributed by atoms with Gasteiger partial charge in [-0.3, -0.25) is 0 Å². The van der Waals surface area contributed by atoms with Crippen LogP contribution < -0.4 is 0 Å². The zero-order chi connectivity index (χ0) is 6.41. The molecule has 0 aromatic carbocycles. The molecule has 8 heavy (non-hydrogen) atoms. The van der Waals surface area contributed by atoms with Crippen molar-refractivity contribution in [2.45, 2.75) is 26.7 Å². The van der Waals surface area contributed by atoms with E-state index in [1.807, 2.05) is 0 Å². The normalized spacial score (nSPS) is 11.5. The molecule has 0 saturated carbocycles. The Bertz CT molecular complexity index is 58.4. The van der Waals surface area contributed by atoms with Crippen LogP contribution in [0.3, 0.4) is 0 Å². The SMILES string of the molecule is [CH2]CC(/C=C/C)CC. The molecule has 0 amide bonds. The van der Waals surface area contributed by atoms with Gasteiger partial charge in [-0.1, -0.05) is 26.0 Å². The van der Waals surface area contributed by atoms with Crippen LogP contribution in [0.15, 0.2) is 12.2 Å². The first-order valence-corrected chi connectivity index (χ1v) is 3.27. The second-order valence-corrected chi connectivity index (χ2v) is 1.98. The van der Waals surface area contributed by atoms with Crippen molar-refractivity contribution < 1.29 is 0 Å². The molecule has 0 aromatic heterocycles. The van der Waals surface area contributed by atoms with E-state index in [2.05, 4.69) is 32.9 Å². The Balaban J connectivity index is 3.36. The molecule has 0 bridgehead atoms. The van der Waals surface area contributed by atoms with Crippen molar-refractivity contribution in [3.8, 4) is 0 Å². The Morgan fingerprint density at radius 2 is 2.25 bits per heavy atom. The quantitative estimate of drug-likeness (QED) is 0.491. The van der Waals surface area contributed by atoms with Gasteiger partial charge in [-0.2, -0.15) is 0 Å². The van der Waals surface area contributed by atoms with Crippen LogP contribution in [0.5, 0.6) is 0 Å². The summed E-state index contributed by atoms with van der Waals surface area (Å²) in [5, 5.41) is 0. The molecule has 0 aliphatic carbocycles. The van der Waals surface area contributed by atoms with E-state index in [-0.39, 0.29) is 0 Å². The van der Waals surface area contributed by atoms with Gasteiger partial charge >= 0.3 is 0 Å². The minimum atomic E-state index is 0.708. The van der Waals surface area contributed by atoms with Crippen molar-refractivity contribution in [2.24, 2.45) is 5.92 Å². The lowest BCUT2D eigenvalue weighted by molar-refractivity contribution is 0.635. The van der Waals surface area contributed by atoms with E-state index in [1.165, 1.54) is 6.42 Å². The molecule has 0 N–H and O–H groups in total. The molecule has 0 heteroatoms. The number of hydrogen-bond acceptors (Lipinski definition) is 0. The molecule has 1 unspecified atom stereocenters. The molecule has 1 atom stereocenters. The maximum Gasteiger partial charge on any atom is -0.0236 e. The molecule has 1 radical (unpaired) electrons.